The molecule has 1 unspecified atom stereocenters. The van der Waals surface area contributed by atoms with E-state index in [2.05, 4.69) is 21.4 Å². The monoisotopic (exact) mass is 204 g/mol. The van der Waals surface area contributed by atoms with Crippen LogP contribution in [0.5, 0.6) is 0 Å². The molecule has 7 heteroatoms. The minimum absolute atomic E-state index is 0.579. The lowest BCUT2D eigenvalue weighted by atomic mass is 10.5. The average molecular weight is 204 g/mol. The normalized spacial score (nSPS) is 20.3. The van der Waals surface area contributed by atoms with E-state index in [-0.39, 0.29) is 0 Å². The highest BCUT2D eigenvalue weighted by Gasteiger charge is 1.96. The summed E-state index contributed by atoms with van der Waals surface area (Å²) in [4.78, 5) is 19.6. The van der Waals surface area contributed by atoms with Crippen molar-refractivity contribution in [3.63, 3.8) is 0 Å². The largest absolute Gasteiger partial charge is 0.347 e. The zero-order valence-corrected chi connectivity index (χ0v) is 8.06. The molecule has 1 aliphatic rings. The molecule has 0 spiro atoms. The van der Waals surface area contributed by atoms with Gasteiger partial charge < -0.3 is 9.79 Å². The Morgan fingerprint density at radius 1 is 1.50 bits per heavy atom. The molecule has 1 aliphatic heterocycles. The molecule has 0 amide bonds. The smallest absolute Gasteiger partial charge is 0.170 e. The molecule has 1 heterocycles. The average Bonchev–Trinajstić information content (AvgIpc) is 1.90. The fraction of sp³-hybridized carbons (Fsp3) is 1.00. The maximum atomic E-state index is 7.53. The third-order valence-corrected chi connectivity index (χ3v) is 1.42. The zero-order chi connectivity index (χ0) is 7.82. The Labute approximate surface area is 66.9 Å². The van der Waals surface area contributed by atoms with Crippen LogP contribution in [0.3, 0.4) is 0 Å². The summed E-state index contributed by atoms with van der Waals surface area (Å²) in [6.45, 7) is 0.785. The summed E-state index contributed by atoms with van der Waals surface area (Å²) in [5.41, 5.74) is 0. The second kappa shape index (κ2) is 8.02. The van der Waals surface area contributed by atoms with Crippen LogP contribution in [0.4, 0.5) is 0 Å². The van der Waals surface area contributed by atoms with Crippen molar-refractivity contribution in [2.75, 3.05) is 12.8 Å². The van der Waals surface area contributed by atoms with Crippen LogP contribution in [0.15, 0.2) is 0 Å². The Morgan fingerprint density at radius 3 is 2.20 bits per heavy atom. The van der Waals surface area contributed by atoms with Crippen LogP contribution in [-0.4, -0.2) is 22.6 Å². The summed E-state index contributed by atoms with van der Waals surface area (Å²) in [5.74, 6) is 0. The van der Waals surface area contributed by atoms with Gasteiger partial charge in [0.25, 0.3) is 0 Å². The first-order chi connectivity index (χ1) is 4.73. The summed E-state index contributed by atoms with van der Waals surface area (Å²) >= 11 is 3.83. The van der Waals surface area contributed by atoms with Gasteiger partial charge in [-0.2, -0.15) is 0 Å². The molecule has 0 aromatic heterocycles. The fourth-order valence-electron chi connectivity index (χ4n) is 0.328. The maximum absolute atomic E-state index is 7.53. The molecule has 2 N–H and O–H groups in total. The van der Waals surface area contributed by atoms with Gasteiger partial charge in [0.05, 0.1) is 15.4 Å². The number of hydrogen-bond acceptors (Lipinski definition) is 3. The van der Waals surface area contributed by atoms with Crippen molar-refractivity contribution < 1.29 is 19.3 Å². The predicted molar refractivity (Wildman–Crippen MR) is 45.0 cm³/mol. The van der Waals surface area contributed by atoms with E-state index in [1.54, 1.807) is 0 Å². The van der Waals surface area contributed by atoms with Gasteiger partial charge in [-0.25, -0.2) is 9.56 Å². The molecule has 0 aromatic carbocycles. The number of rotatable bonds is 0. The molecular formula is C3H10O4P2S. The lowest BCUT2D eigenvalue weighted by Gasteiger charge is -2.07. The van der Waals surface area contributed by atoms with Crippen LogP contribution in [-0.2, 0) is 21.4 Å². The SMILES string of the molecule is C1COOPC1.O[PH](O)=S. The fourth-order valence-corrected chi connectivity index (χ4v) is 0.867. The van der Waals surface area contributed by atoms with Crippen LogP contribution in [0.2, 0.25) is 0 Å². The first kappa shape index (κ1) is 10.9. The summed E-state index contributed by atoms with van der Waals surface area (Å²) in [5, 5.41) is 0. The third kappa shape index (κ3) is 11.7. The van der Waals surface area contributed by atoms with Crippen LogP contribution in [0.1, 0.15) is 6.42 Å². The summed E-state index contributed by atoms with van der Waals surface area (Å²) < 4.78 is 4.60. The van der Waals surface area contributed by atoms with Crippen molar-refractivity contribution in [2.45, 2.75) is 6.42 Å². The van der Waals surface area contributed by atoms with Crippen molar-refractivity contribution in [1.82, 2.24) is 0 Å². The van der Waals surface area contributed by atoms with E-state index in [1.165, 1.54) is 12.6 Å². The molecule has 62 valence electrons. The van der Waals surface area contributed by atoms with Gasteiger partial charge in [0, 0.05) is 0 Å². The molecule has 1 atom stereocenters. The molecule has 0 saturated carbocycles. The highest BCUT2D eigenvalue weighted by atomic mass is 32.4. The van der Waals surface area contributed by atoms with E-state index < -0.39 is 7.15 Å². The molecule has 0 bridgehead atoms. The first-order valence-electron chi connectivity index (χ1n) is 2.66. The second-order valence-corrected chi connectivity index (χ2v) is 4.05. The minimum atomic E-state index is -2.30. The lowest BCUT2D eigenvalue weighted by Crippen LogP contribution is -1.98. The minimum Gasteiger partial charge on any atom is -0.347 e. The Kier molecular flexibility index (Phi) is 8.76. The van der Waals surface area contributed by atoms with Crippen LogP contribution >= 0.6 is 16.0 Å². The molecule has 10 heavy (non-hydrogen) atoms. The van der Waals surface area contributed by atoms with Crippen molar-refractivity contribution in [1.29, 1.82) is 0 Å². The molecule has 1 fully saturated rings. The van der Waals surface area contributed by atoms with E-state index in [0.717, 1.165) is 6.61 Å². The van der Waals surface area contributed by atoms with Gasteiger partial charge in [0.1, 0.15) is 0 Å². The van der Waals surface area contributed by atoms with Gasteiger partial charge in [-0.05, 0) is 24.4 Å². The van der Waals surface area contributed by atoms with Crippen molar-refractivity contribution in [3.05, 3.63) is 0 Å². The number of hydrogen-bond donors (Lipinski definition) is 2. The van der Waals surface area contributed by atoms with E-state index in [0.29, 0.717) is 8.81 Å². The maximum Gasteiger partial charge on any atom is 0.170 e. The summed E-state index contributed by atoms with van der Waals surface area (Å²) in [6.07, 6.45) is 2.35. The molecule has 1 saturated heterocycles. The van der Waals surface area contributed by atoms with Gasteiger partial charge in [0.2, 0.25) is 0 Å². The van der Waals surface area contributed by atoms with Crippen LogP contribution in [0.25, 0.3) is 0 Å². The molecule has 1 rings (SSSR count). The molecule has 4 nitrogen and oxygen atoms in total. The van der Waals surface area contributed by atoms with Gasteiger partial charge in [-0.1, -0.05) is 0 Å². The van der Waals surface area contributed by atoms with E-state index in [1.807, 2.05) is 0 Å². The summed E-state index contributed by atoms with van der Waals surface area (Å²) in [7, 11) is -1.72. The Balaban J connectivity index is 0.000000180. The molecule has 0 aliphatic carbocycles. The second-order valence-electron chi connectivity index (χ2n) is 1.44. The lowest BCUT2D eigenvalue weighted by molar-refractivity contribution is -0.202. The van der Waals surface area contributed by atoms with Gasteiger partial charge >= 0.3 is 0 Å². The quantitative estimate of drug-likeness (QED) is 0.442. The van der Waals surface area contributed by atoms with Gasteiger partial charge in [-0.3, -0.25) is 0 Å². The molecule has 0 aromatic rings. The molecule has 0 radical (unpaired) electrons. The van der Waals surface area contributed by atoms with E-state index in [4.69, 9.17) is 9.79 Å². The van der Waals surface area contributed by atoms with Crippen molar-refractivity contribution >= 4 is 27.8 Å². The predicted octanol–water partition coefficient (Wildman–Crippen LogP) is 0.409. The highest BCUT2D eigenvalue weighted by molar-refractivity contribution is 7.99. The Hall–Kier alpha value is 0.920. The van der Waals surface area contributed by atoms with Crippen LogP contribution in [0, 0.1) is 0 Å². The van der Waals surface area contributed by atoms with E-state index >= 15 is 0 Å². The van der Waals surface area contributed by atoms with Crippen LogP contribution < -0.4 is 0 Å². The summed E-state index contributed by atoms with van der Waals surface area (Å²) in [6, 6.07) is 0. The van der Waals surface area contributed by atoms with Gasteiger partial charge in [-0.15, -0.1) is 0 Å². The third-order valence-electron chi connectivity index (χ3n) is 0.624. The Morgan fingerprint density at radius 2 is 2.10 bits per heavy atom. The van der Waals surface area contributed by atoms with Crippen molar-refractivity contribution in [2.24, 2.45) is 0 Å². The Bertz CT molecular complexity index is 81.0. The topological polar surface area (TPSA) is 58.9 Å². The van der Waals surface area contributed by atoms with E-state index in [9.17, 15) is 0 Å². The zero-order valence-electron chi connectivity index (χ0n) is 5.24. The van der Waals surface area contributed by atoms with Gasteiger partial charge in [0.15, 0.2) is 7.15 Å². The standard InChI is InChI=1S/C3H7O2P.H3O2PS/c1-2-4-5-6-3-1;1-3(2)4/h6H,1-3H2;3H,(H2,1,2,4). The molecular weight excluding hydrogens is 194 g/mol. The van der Waals surface area contributed by atoms with Crippen molar-refractivity contribution in [3.8, 4) is 0 Å². The highest BCUT2D eigenvalue weighted by Crippen LogP contribution is 2.17. The first-order valence-corrected chi connectivity index (χ1v) is 6.31.